The number of nitrogens with two attached hydrogens (primary N) is 3. The predicted molar refractivity (Wildman–Crippen MR) is 135 cm³/mol. The van der Waals surface area contributed by atoms with Crippen LogP contribution in [-0.2, 0) is 27.2 Å². The number of aromatic hydroxyl groups is 2. The Hall–Kier alpha value is -3.67. The van der Waals surface area contributed by atoms with E-state index in [4.69, 9.17) is 17.2 Å². The van der Waals surface area contributed by atoms with E-state index >= 15 is 0 Å². The quantitative estimate of drug-likeness (QED) is 0.270. The Bertz CT molecular complexity index is 1120. The van der Waals surface area contributed by atoms with Crippen molar-refractivity contribution in [2.75, 3.05) is 26.7 Å². The minimum absolute atomic E-state index is 0.00602. The molecule has 1 aliphatic heterocycles. The summed E-state index contributed by atoms with van der Waals surface area (Å²) >= 11 is 0. The average Bonchev–Trinajstić information content (AvgIpc) is 2.86. The third-order valence-corrected chi connectivity index (χ3v) is 6.31. The van der Waals surface area contributed by atoms with E-state index < -0.39 is 35.8 Å². The number of carbonyl (C=O) groups is 3. The Balaban J connectivity index is 2.14. The van der Waals surface area contributed by atoms with E-state index in [1.165, 1.54) is 24.1 Å². The summed E-state index contributed by atoms with van der Waals surface area (Å²) in [6, 6.07) is 6.81. The predicted octanol–water partition coefficient (Wildman–Crippen LogP) is -1.07. The number of hydrogen-bond acceptors (Lipinski definition) is 8. The van der Waals surface area contributed by atoms with E-state index in [1.807, 2.05) is 0 Å². The molecule has 2 aromatic rings. The lowest BCUT2D eigenvalue weighted by Gasteiger charge is -2.31. The van der Waals surface area contributed by atoms with Crippen LogP contribution in [0.5, 0.6) is 11.5 Å². The highest BCUT2D eigenvalue weighted by atomic mass is 16.3. The number of nitrogens with one attached hydrogen (secondary N) is 2. The van der Waals surface area contributed by atoms with Gasteiger partial charge in [0.15, 0.2) is 0 Å². The minimum Gasteiger partial charge on any atom is -0.508 e. The summed E-state index contributed by atoms with van der Waals surface area (Å²) in [6.45, 7) is 0.525. The molecular formula is C25H34N6O5. The first-order valence-electron chi connectivity index (χ1n) is 11.8. The van der Waals surface area contributed by atoms with Crippen molar-refractivity contribution in [1.82, 2.24) is 15.5 Å². The van der Waals surface area contributed by atoms with Crippen molar-refractivity contribution in [1.29, 1.82) is 0 Å². The second-order valence-electron chi connectivity index (χ2n) is 8.88. The molecule has 10 N–H and O–H groups in total. The Morgan fingerprint density at radius 3 is 2.17 bits per heavy atom. The van der Waals surface area contributed by atoms with E-state index in [9.17, 15) is 24.6 Å². The molecule has 0 unspecified atom stereocenters. The molecule has 3 atom stereocenters. The number of benzene rings is 2. The maximum absolute atomic E-state index is 13.4. The van der Waals surface area contributed by atoms with E-state index in [0.29, 0.717) is 16.7 Å². The molecule has 1 aliphatic rings. The van der Waals surface area contributed by atoms with Gasteiger partial charge in [-0.2, -0.15) is 0 Å². The molecule has 2 aromatic carbocycles. The SMILES string of the molecule is CN1C(=O)[C@@H](CCN)NC(=O)[C@@H](N)Cc2cc(ccc2O)-c2ccc(O)c(c2)C[C@@H]1C(=O)NCCN. The van der Waals surface area contributed by atoms with Gasteiger partial charge in [0.05, 0.1) is 6.04 Å². The molecule has 4 bridgehead atoms. The zero-order valence-electron chi connectivity index (χ0n) is 20.2. The molecular weight excluding hydrogens is 464 g/mol. The first kappa shape index (κ1) is 26.9. The fourth-order valence-corrected chi connectivity index (χ4v) is 4.22. The monoisotopic (exact) mass is 498 g/mol. The van der Waals surface area contributed by atoms with Gasteiger partial charge >= 0.3 is 0 Å². The molecule has 194 valence electrons. The molecule has 0 aromatic heterocycles. The molecule has 1 heterocycles. The summed E-state index contributed by atoms with van der Waals surface area (Å²) in [5.41, 5.74) is 19.7. The highest BCUT2D eigenvalue weighted by Crippen LogP contribution is 2.31. The van der Waals surface area contributed by atoms with E-state index in [2.05, 4.69) is 10.6 Å². The number of phenols is 2. The molecule has 3 amide bonds. The molecule has 0 saturated heterocycles. The molecule has 0 aliphatic carbocycles. The van der Waals surface area contributed by atoms with E-state index in [-0.39, 0.29) is 50.4 Å². The molecule has 0 fully saturated rings. The van der Waals surface area contributed by atoms with Crippen molar-refractivity contribution in [2.24, 2.45) is 17.2 Å². The largest absolute Gasteiger partial charge is 0.508 e. The van der Waals surface area contributed by atoms with Crippen molar-refractivity contribution in [3.05, 3.63) is 47.5 Å². The van der Waals surface area contributed by atoms with Crippen molar-refractivity contribution in [2.45, 2.75) is 37.4 Å². The number of phenolic OH excluding ortho intramolecular Hbond substituents is 2. The zero-order chi connectivity index (χ0) is 26.4. The van der Waals surface area contributed by atoms with Gasteiger partial charge < -0.3 is 42.9 Å². The fourth-order valence-electron chi connectivity index (χ4n) is 4.22. The third-order valence-electron chi connectivity index (χ3n) is 6.31. The van der Waals surface area contributed by atoms with Gasteiger partial charge in [-0.1, -0.05) is 12.1 Å². The normalized spacial score (nSPS) is 20.8. The highest BCUT2D eigenvalue weighted by Gasteiger charge is 2.33. The number of nitrogens with zero attached hydrogens (tertiary/aromatic N) is 1. The summed E-state index contributed by atoms with van der Waals surface area (Å²) in [6.07, 6.45) is 0.159. The van der Waals surface area contributed by atoms with Crippen molar-refractivity contribution < 1.29 is 24.6 Å². The Morgan fingerprint density at radius 1 is 1.03 bits per heavy atom. The standard InChI is InChI=1S/C25H34N6O5/c1-31-20(24(35)29-9-8-27)13-17-11-15(3-5-22(17)33)14-2-4-21(32)16(10-14)12-18(28)23(34)30-19(6-7-26)25(31)36/h2-5,10-11,18-20,32-33H,6-9,12-13,26-28H2,1H3,(H,29,35)(H,30,34)/t18-,19+,20+/m0/s1. The van der Waals surface area contributed by atoms with Gasteiger partial charge in [-0.25, -0.2) is 0 Å². The Morgan fingerprint density at radius 2 is 1.61 bits per heavy atom. The van der Waals surface area contributed by atoms with Crippen LogP contribution in [0.4, 0.5) is 0 Å². The number of hydrogen-bond donors (Lipinski definition) is 7. The van der Waals surface area contributed by atoms with Gasteiger partial charge in [0.25, 0.3) is 0 Å². The van der Waals surface area contributed by atoms with Crippen LogP contribution in [0, 0.1) is 0 Å². The van der Waals surface area contributed by atoms with Crippen molar-refractivity contribution in [3.8, 4) is 22.6 Å². The summed E-state index contributed by atoms with van der Waals surface area (Å²) in [4.78, 5) is 40.6. The zero-order valence-corrected chi connectivity index (χ0v) is 20.2. The first-order valence-corrected chi connectivity index (χ1v) is 11.8. The summed E-state index contributed by atoms with van der Waals surface area (Å²) in [5, 5.41) is 26.3. The van der Waals surface area contributed by atoms with Gasteiger partial charge in [-0.3, -0.25) is 14.4 Å². The van der Waals surface area contributed by atoms with Crippen LogP contribution in [0.2, 0.25) is 0 Å². The summed E-state index contributed by atoms with van der Waals surface area (Å²) in [7, 11) is 1.46. The molecule has 3 rings (SSSR count). The smallest absolute Gasteiger partial charge is 0.245 e. The van der Waals surface area contributed by atoms with Gasteiger partial charge in [-0.05, 0) is 59.5 Å². The lowest BCUT2D eigenvalue weighted by Crippen LogP contribution is -2.57. The highest BCUT2D eigenvalue weighted by molar-refractivity contribution is 5.93. The number of likely N-dealkylation sites (N-methyl/N-ethyl adjacent to an activating group) is 1. The fraction of sp³-hybridized carbons (Fsp3) is 0.400. The molecule has 11 heteroatoms. The van der Waals surface area contributed by atoms with E-state index in [1.54, 1.807) is 24.3 Å². The molecule has 36 heavy (non-hydrogen) atoms. The summed E-state index contributed by atoms with van der Waals surface area (Å²) in [5.74, 6) is -1.61. The van der Waals surface area contributed by atoms with Crippen LogP contribution in [0.1, 0.15) is 17.5 Å². The lowest BCUT2D eigenvalue weighted by molar-refractivity contribution is -0.142. The number of rotatable bonds is 5. The first-order chi connectivity index (χ1) is 17.2. The van der Waals surface area contributed by atoms with Crippen molar-refractivity contribution >= 4 is 17.7 Å². The second-order valence-corrected chi connectivity index (χ2v) is 8.88. The number of fused-ring (bicyclic) bond motifs is 5. The van der Waals surface area contributed by atoms with Crippen LogP contribution in [0.25, 0.3) is 11.1 Å². The van der Waals surface area contributed by atoms with Gasteiger partial charge in [0, 0.05) is 33.0 Å². The Labute approximate surface area is 209 Å². The average molecular weight is 499 g/mol. The van der Waals surface area contributed by atoms with Crippen LogP contribution < -0.4 is 27.8 Å². The summed E-state index contributed by atoms with van der Waals surface area (Å²) < 4.78 is 0. The van der Waals surface area contributed by atoms with Crippen LogP contribution in [0.3, 0.4) is 0 Å². The second kappa shape index (κ2) is 11.8. The topological polar surface area (TPSA) is 197 Å². The molecule has 0 radical (unpaired) electrons. The van der Waals surface area contributed by atoms with Crippen molar-refractivity contribution in [3.63, 3.8) is 0 Å². The van der Waals surface area contributed by atoms with Crippen LogP contribution >= 0.6 is 0 Å². The maximum atomic E-state index is 13.4. The third kappa shape index (κ3) is 6.11. The van der Waals surface area contributed by atoms with Crippen LogP contribution in [-0.4, -0.2) is 77.6 Å². The van der Waals surface area contributed by atoms with E-state index in [0.717, 1.165) is 5.56 Å². The lowest BCUT2D eigenvalue weighted by atomic mass is 9.95. The Kier molecular flexibility index (Phi) is 8.86. The molecule has 0 saturated carbocycles. The van der Waals surface area contributed by atoms with Crippen LogP contribution in [0.15, 0.2) is 36.4 Å². The van der Waals surface area contributed by atoms with Gasteiger partial charge in [0.2, 0.25) is 17.7 Å². The number of amides is 3. The minimum atomic E-state index is -1.05. The molecule has 0 spiro atoms. The number of carbonyl (C=O) groups excluding carboxylic acids is 3. The van der Waals surface area contributed by atoms with Gasteiger partial charge in [-0.15, -0.1) is 0 Å². The molecule has 11 nitrogen and oxygen atoms in total. The van der Waals surface area contributed by atoms with Gasteiger partial charge in [0.1, 0.15) is 23.6 Å². The maximum Gasteiger partial charge on any atom is 0.245 e.